The van der Waals surface area contributed by atoms with E-state index in [4.69, 9.17) is 0 Å². The van der Waals surface area contributed by atoms with Gasteiger partial charge in [0.1, 0.15) is 0 Å². The molecular weight excluding hydrogens is 298 g/mol. The highest BCUT2D eigenvalue weighted by Crippen LogP contribution is 2.51. The molecule has 0 radical (unpaired) electrons. The molecule has 132 valence electrons. The third-order valence-corrected chi connectivity index (χ3v) is 6.26. The molecule has 1 aliphatic heterocycles. The number of amides is 2. The van der Waals surface area contributed by atoms with Crippen LogP contribution < -0.4 is 0 Å². The van der Waals surface area contributed by atoms with E-state index in [1.54, 1.807) is 0 Å². The molecule has 3 heteroatoms. The number of rotatable bonds is 10. The van der Waals surface area contributed by atoms with Gasteiger partial charge in [0.05, 0.1) is 0 Å². The molecule has 1 fully saturated rings. The van der Waals surface area contributed by atoms with Crippen molar-refractivity contribution in [3.05, 3.63) is 24.3 Å². The zero-order chi connectivity index (χ0) is 16.9. The Hall–Kier alpha value is -1.38. The van der Waals surface area contributed by atoms with Crippen molar-refractivity contribution >= 4 is 11.8 Å². The van der Waals surface area contributed by atoms with E-state index in [0.717, 1.165) is 36.5 Å². The van der Waals surface area contributed by atoms with Gasteiger partial charge in [-0.15, -0.1) is 0 Å². The van der Waals surface area contributed by atoms with Crippen molar-refractivity contribution in [2.75, 3.05) is 6.54 Å². The molecule has 0 aromatic carbocycles. The largest absolute Gasteiger partial charge is 0.275 e. The molecule has 2 aliphatic carbocycles. The lowest BCUT2D eigenvalue weighted by atomic mass is 9.77. The maximum atomic E-state index is 11.5. The van der Waals surface area contributed by atoms with Gasteiger partial charge in [-0.1, -0.05) is 51.2 Å². The van der Waals surface area contributed by atoms with Gasteiger partial charge in [-0.3, -0.25) is 14.5 Å². The predicted molar refractivity (Wildman–Crippen MR) is 96.2 cm³/mol. The number of imide groups is 1. The van der Waals surface area contributed by atoms with Gasteiger partial charge in [0.2, 0.25) is 0 Å². The van der Waals surface area contributed by atoms with Crippen molar-refractivity contribution in [1.82, 2.24) is 4.90 Å². The highest BCUT2D eigenvalue weighted by molar-refractivity contribution is 6.12. The highest BCUT2D eigenvalue weighted by Gasteiger charge is 2.42. The maximum Gasteiger partial charge on any atom is 0.253 e. The third kappa shape index (κ3) is 3.81. The topological polar surface area (TPSA) is 37.4 Å². The molecule has 2 bridgehead atoms. The Bertz CT molecular complexity index is 504. The van der Waals surface area contributed by atoms with E-state index >= 15 is 0 Å². The van der Waals surface area contributed by atoms with Crippen LogP contribution in [0.4, 0.5) is 0 Å². The van der Waals surface area contributed by atoms with Crippen molar-refractivity contribution in [2.45, 2.75) is 64.7 Å². The first-order chi connectivity index (χ1) is 11.7. The van der Waals surface area contributed by atoms with Crippen molar-refractivity contribution in [2.24, 2.45) is 23.7 Å². The molecule has 3 nitrogen and oxygen atoms in total. The summed E-state index contributed by atoms with van der Waals surface area (Å²) in [4.78, 5) is 24.3. The maximum absolute atomic E-state index is 11.5. The van der Waals surface area contributed by atoms with Crippen molar-refractivity contribution < 1.29 is 9.59 Å². The van der Waals surface area contributed by atoms with Crippen molar-refractivity contribution in [3.8, 4) is 0 Å². The van der Waals surface area contributed by atoms with Crippen LogP contribution >= 0.6 is 0 Å². The second kappa shape index (κ2) is 8.13. The molecule has 0 N–H and O–H groups in total. The number of carbonyl (C=O) groups excluding carboxylic acids is 2. The number of nitrogens with zero attached hydrogens (tertiary/aromatic N) is 1. The van der Waals surface area contributed by atoms with Crippen LogP contribution in [0.25, 0.3) is 0 Å². The summed E-state index contributed by atoms with van der Waals surface area (Å²) in [7, 11) is 0. The van der Waals surface area contributed by atoms with E-state index in [1.165, 1.54) is 62.0 Å². The summed E-state index contributed by atoms with van der Waals surface area (Å²) in [5, 5.41) is 0. The lowest BCUT2D eigenvalue weighted by Crippen LogP contribution is -2.30. The van der Waals surface area contributed by atoms with Gasteiger partial charge < -0.3 is 0 Å². The lowest BCUT2D eigenvalue weighted by Gasteiger charge is -2.28. The molecule has 0 aromatic rings. The number of unbranched alkanes of at least 4 members (excludes halogenated alkanes) is 4. The average Bonchev–Trinajstić information content (AvgIpc) is 3.26. The summed E-state index contributed by atoms with van der Waals surface area (Å²) in [6.07, 6.45) is 19.2. The molecule has 2 amide bonds. The first-order valence-electron chi connectivity index (χ1n) is 9.92. The monoisotopic (exact) mass is 329 g/mol. The van der Waals surface area contributed by atoms with Crippen LogP contribution in [-0.4, -0.2) is 23.3 Å². The van der Waals surface area contributed by atoms with Gasteiger partial charge in [-0.2, -0.15) is 0 Å². The molecule has 24 heavy (non-hydrogen) atoms. The molecule has 4 unspecified atom stereocenters. The fourth-order valence-electron chi connectivity index (χ4n) is 4.98. The number of fused-ring (bicyclic) bond motifs is 2. The molecule has 3 rings (SSSR count). The predicted octanol–water partition coefficient (Wildman–Crippen LogP) is 4.49. The Morgan fingerprint density at radius 2 is 1.46 bits per heavy atom. The van der Waals surface area contributed by atoms with Gasteiger partial charge in [0, 0.05) is 18.7 Å². The normalized spacial score (nSPS) is 31.0. The second-order valence-electron chi connectivity index (χ2n) is 7.78. The van der Waals surface area contributed by atoms with Gasteiger partial charge >= 0.3 is 0 Å². The minimum absolute atomic E-state index is 0.146. The molecule has 0 aromatic heterocycles. The Morgan fingerprint density at radius 3 is 2.08 bits per heavy atom. The van der Waals surface area contributed by atoms with Gasteiger partial charge in [0.25, 0.3) is 11.8 Å². The van der Waals surface area contributed by atoms with Crippen molar-refractivity contribution in [1.29, 1.82) is 0 Å². The zero-order valence-corrected chi connectivity index (χ0v) is 15.0. The Morgan fingerprint density at radius 1 is 0.875 bits per heavy atom. The van der Waals surface area contributed by atoms with E-state index in [-0.39, 0.29) is 11.8 Å². The first kappa shape index (κ1) is 17.4. The second-order valence-corrected chi connectivity index (χ2v) is 7.78. The van der Waals surface area contributed by atoms with Gasteiger partial charge in [-0.05, 0) is 49.4 Å². The number of hydrogen-bond donors (Lipinski definition) is 0. The highest BCUT2D eigenvalue weighted by atomic mass is 16.2. The van der Waals surface area contributed by atoms with Gasteiger partial charge in [0.15, 0.2) is 0 Å². The summed E-state index contributed by atoms with van der Waals surface area (Å²) in [6, 6.07) is 0. The molecule has 0 spiro atoms. The van der Waals surface area contributed by atoms with Crippen LogP contribution in [0.1, 0.15) is 64.7 Å². The van der Waals surface area contributed by atoms with Crippen LogP contribution in [0, 0.1) is 23.7 Å². The molecule has 1 heterocycles. The molecule has 4 atom stereocenters. The minimum atomic E-state index is -0.146. The Kier molecular flexibility index (Phi) is 5.91. The molecule has 0 saturated heterocycles. The van der Waals surface area contributed by atoms with E-state index in [0.29, 0.717) is 6.54 Å². The summed E-state index contributed by atoms with van der Waals surface area (Å²) >= 11 is 0. The quantitative estimate of drug-likeness (QED) is 0.336. The Labute approximate surface area is 146 Å². The van der Waals surface area contributed by atoms with Crippen LogP contribution in [-0.2, 0) is 9.59 Å². The summed E-state index contributed by atoms with van der Waals surface area (Å²) in [6.45, 7) is 2.88. The third-order valence-electron chi connectivity index (χ3n) is 6.26. The van der Waals surface area contributed by atoms with Gasteiger partial charge in [-0.25, -0.2) is 0 Å². The van der Waals surface area contributed by atoms with Crippen molar-refractivity contribution in [3.63, 3.8) is 0 Å². The lowest BCUT2D eigenvalue weighted by molar-refractivity contribution is -0.136. The fraction of sp³-hybridized carbons (Fsp3) is 0.714. The molecule has 1 saturated carbocycles. The summed E-state index contributed by atoms with van der Waals surface area (Å²) < 4.78 is 0. The summed E-state index contributed by atoms with van der Waals surface area (Å²) in [5.74, 6) is 3.28. The standard InChI is InChI=1S/C21H31NO2/c1-2-3-8-18-16-10-11-17(15-16)19(18)9-6-4-5-7-14-22-20(23)12-13-21(22)24/h10-13,16-19H,2-9,14-15H2,1H3. The minimum Gasteiger partial charge on any atom is -0.275 e. The van der Waals surface area contributed by atoms with Crippen LogP contribution in [0.5, 0.6) is 0 Å². The van der Waals surface area contributed by atoms with E-state index < -0.39 is 0 Å². The average molecular weight is 329 g/mol. The van der Waals surface area contributed by atoms with Crippen LogP contribution in [0.15, 0.2) is 24.3 Å². The van der Waals surface area contributed by atoms with Crippen LogP contribution in [0.3, 0.4) is 0 Å². The van der Waals surface area contributed by atoms with E-state index in [2.05, 4.69) is 19.1 Å². The van der Waals surface area contributed by atoms with Crippen LogP contribution in [0.2, 0.25) is 0 Å². The van der Waals surface area contributed by atoms with E-state index in [1.807, 2.05) is 0 Å². The number of carbonyl (C=O) groups is 2. The fourth-order valence-corrected chi connectivity index (χ4v) is 4.98. The molecule has 3 aliphatic rings. The van der Waals surface area contributed by atoms with E-state index in [9.17, 15) is 9.59 Å². The first-order valence-corrected chi connectivity index (χ1v) is 9.92. The number of allylic oxidation sites excluding steroid dienone is 2. The Balaban J connectivity index is 1.32. The summed E-state index contributed by atoms with van der Waals surface area (Å²) in [5.41, 5.74) is 0. The SMILES string of the molecule is CCCCC1C2C=CC(C2)C1CCCCCCN1C(=O)C=CC1=O. The molecular formula is C21H31NO2. The zero-order valence-electron chi connectivity index (χ0n) is 15.0. The smallest absolute Gasteiger partial charge is 0.253 e. The number of hydrogen-bond acceptors (Lipinski definition) is 2.